The fourth-order valence-corrected chi connectivity index (χ4v) is 2.09. The van der Waals surface area contributed by atoms with Crippen LogP contribution in [-0.2, 0) is 6.42 Å². The molecule has 0 aliphatic carbocycles. The third-order valence-electron chi connectivity index (χ3n) is 3.17. The predicted octanol–water partition coefficient (Wildman–Crippen LogP) is 1.27. The maximum atomic E-state index is 5.34. The molecule has 0 saturated carbocycles. The molecule has 2 aliphatic rings. The minimum atomic E-state index is 0.305. The summed E-state index contributed by atoms with van der Waals surface area (Å²) in [5.41, 5.74) is 4.07. The maximum absolute atomic E-state index is 5.34. The summed E-state index contributed by atoms with van der Waals surface area (Å²) in [7, 11) is 0. The molecule has 106 valence electrons. The summed E-state index contributed by atoms with van der Waals surface area (Å²) < 4.78 is 10.6. The highest BCUT2D eigenvalue weighted by molar-refractivity contribution is 5.80. The van der Waals surface area contributed by atoms with E-state index in [4.69, 9.17) is 9.47 Å². The molecule has 2 heterocycles. The molecule has 1 aromatic rings. The number of guanidine groups is 1. The average Bonchev–Trinajstić information content (AvgIpc) is 2.78. The molecule has 6 heteroatoms. The van der Waals surface area contributed by atoms with Gasteiger partial charge in [-0.1, -0.05) is 6.07 Å². The Morgan fingerprint density at radius 2 is 2.25 bits per heavy atom. The van der Waals surface area contributed by atoms with Gasteiger partial charge >= 0.3 is 0 Å². The lowest BCUT2D eigenvalue weighted by atomic mass is 10.1. The van der Waals surface area contributed by atoms with Gasteiger partial charge in [-0.3, -0.25) is 4.99 Å². The molecule has 0 bridgehead atoms. The van der Waals surface area contributed by atoms with Crippen LogP contribution in [0.1, 0.15) is 18.4 Å². The number of fused-ring (bicyclic) bond motifs is 1. The first-order valence-electron chi connectivity index (χ1n) is 6.86. The van der Waals surface area contributed by atoms with Crippen molar-refractivity contribution in [2.24, 2.45) is 10.1 Å². The Morgan fingerprint density at radius 3 is 3.25 bits per heavy atom. The average molecular weight is 274 g/mol. The minimum absolute atomic E-state index is 0.305. The van der Waals surface area contributed by atoms with Gasteiger partial charge in [0.05, 0.1) is 0 Å². The number of hydrogen-bond donors (Lipinski definition) is 2. The number of ether oxygens (including phenoxy) is 2. The topological polar surface area (TPSA) is 67.2 Å². The molecule has 3 rings (SSSR count). The van der Waals surface area contributed by atoms with E-state index in [1.165, 1.54) is 0 Å². The monoisotopic (exact) mass is 274 g/mol. The van der Waals surface area contributed by atoms with Gasteiger partial charge in [-0.2, -0.15) is 5.10 Å². The number of nitrogens with one attached hydrogen (secondary N) is 2. The van der Waals surface area contributed by atoms with E-state index < -0.39 is 0 Å². The van der Waals surface area contributed by atoms with E-state index in [1.54, 1.807) is 0 Å². The lowest BCUT2D eigenvalue weighted by Crippen LogP contribution is -2.33. The highest BCUT2D eigenvalue weighted by atomic mass is 16.7. The van der Waals surface area contributed by atoms with Crippen LogP contribution in [-0.4, -0.2) is 32.1 Å². The number of benzene rings is 1. The summed E-state index contributed by atoms with van der Waals surface area (Å²) in [6.07, 6.45) is 4.83. The normalized spacial score (nSPS) is 17.5. The van der Waals surface area contributed by atoms with Crippen molar-refractivity contribution in [3.8, 4) is 11.5 Å². The van der Waals surface area contributed by atoms with Crippen molar-refractivity contribution in [2.45, 2.75) is 19.3 Å². The van der Waals surface area contributed by atoms with E-state index in [9.17, 15) is 0 Å². The highest BCUT2D eigenvalue weighted by Crippen LogP contribution is 2.32. The van der Waals surface area contributed by atoms with Crippen molar-refractivity contribution in [2.75, 3.05) is 19.9 Å². The molecule has 0 fully saturated rings. The van der Waals surface area contributed by atoms with Gasteiger partial charge in [-0.25, -0.2) is 5.43 Å². The Labute approximate surface area is 117 Å². The van der Waals surface area contributed by atoms with E-state index in [0.29, 0.717) is 6.79 Å². The Balaban J connectivity index is 1.51. The van der Waals surface area contributed by atoms with Crippen LogP contribution in [0.25, 0.3) is 0 Å². The van der Waals surface area contributed by atoms with Crippen molar-refractivity contribution in [3.63, 3.8) is 0 Å². The zero-order valence-corrected chi connectivity index (χ0v) is 11.3. The van der Waals surface area contributed by atoms with Crippen LogP contribution in [0.15, 0.2) is 28.3 Å². The van der Waals surface area contributed by atoms with Gasteiger partial charge in [-0.15, -0.1) is 0 Å². The fourth-order valence-electron chi connectivity index (χ4n) is 2.09. The van der Waals surface area contributed by atoms with Gasteiger partial charge in [0.1, 0.15) is 0 Å². The summed E-state index contributed by atoms with van der Waals surface area (Å²) in [4.78, 5) is 4.36. The number of aliphatic imine (C=N–C) groups is 1. The van der Waals surface area contributed by atoms with Gasteiger partial charge in [0, 0.05) is 25.7 Å². The van der Waals surface area contributed by atoms with Crippen LogP contribution in [0.4, 0.5) is 0 Å². The first-order valence-corrected chi connectivity index (χ1v) is 6.86. The van der Waals surface area contributed by atoms with Gasteiger partial charge in [0.25, 0.3) is 0 Å². The molecular weight excluding hydrogens is 256 g/mol. The summed E-state index contributed by atoms with van der Waals surface area (Å²) in [6, 6.07) is 5.92. The summed E-state index contributed by atoms with van der Waals surface area (Å²) >= 11 is 0. The number of nitrogens with zero attached hydrogens (tertiary/aromatic N) is 2. The summed E-state index contributed by atoms with van der Waals surface area (Å²) in [5, 5.41) is 7.39. The lowest BCUT2D eigenvalue weighted by Gasteiger charge is -2.04. The van der Waals surface area contributed by atoms with E-state index in [2.05, 4.69) is 20.8 Å². The van der Waals surface area contributed by atoms with Gasteiger partial charge in [0.2, 0.25) is 12.8 Å². The number of hydrazone groups is 1. The molecule has 0 spiro atoms. The van der Waals surface area contributed by atoms with Crippen LogP contribution >= 0.6 is 0 Å². The van der Waals surface area contributed by atoms with Crippen molar-refractivity contribution in [1.82, 2.24) is 10.7 Å². The lowest BCUT2D eigenvalue weighted by molar-refractivity contribution is 0.174. The second kappa shape index (κ2) is 6.27. The van der Waals surface area contributed by atoms with E-state index in [1.807, 2.05) is 24.4 Å². The van der Waals surface area contributed by atoms with Crippen molar-refractivity contribution in [3.05, 3.63) is 23.8 Å². The molecule has 0 unspecified atom stereocenters. The molecule has 0 amide bonds. The third-order valence-corrected chi connectivity index (χ3v) is 3.17. The molecule has 1 aromatic carbocycles. The maximum Gasteiger partial charge on any atom is 0.231 e. The quantitative estimate of drug-likeness (QED) is 0.643. The Kier molecular flexibility index (Phi) is 4.01. The van der Waals surface area contributed by atoms with Gasteiger partial charge in [-0.05, 0) is 30.5 Å². The molecule has 0 saturated heterocycles. The van der Waals surface area contributed by atoms with Gasteiger partial charge < -0.3 is 14.8 Å². The predicted molar refractivity (Wildman–Crippen MR) is 77.4 cm³/mol. The zero-order valence-electron chi connectivity index (χ0n) is 11.3. The second-order valence-corrected chi connectivity index (χ2v) is 4.68. The van der Waals surface area contributed by atoms with Crippen molar-refractivity contribution >= 4 is 12.2 Å². The largest absolute Gasteiger partial charge is 0.454 e. The summed E-state index contributed by atoms with van der Waals surface area (Å²) in [5.74, 6) is 2.36. The number of rotatable bonds is 3. The molecule has 20 heavy (non-hydrogen) atoms. The molecule has 2 N–H and O–H groups in total. The smallest absolute Gasteiger partial charge is 0.231 e. The Hall–Kier alpha value is -2.24. The summed E-state index contributed by atoms with van der Waals surface area (Å²) in [6.45, 7) is 2.11. The third kappa shape index (κ3) is 3.20. The van der Waals surface area contributed by atoms with E-state index in [-0.39, 0.29) is 0 Å². The van der Waals surface area contributed by atoms with E-state index in [0.717, 1.165) is 55.4 Å². The molecule has 6 nitrogen and oxygen atoms in total. The molecular formula is C14H18N4O2. The highest BCUT2D eigenvalue weighted by Gasteiger charge is 2.12. The number of hydrogen-bond acceptors (Lipinski definition) is 6. The van der Waals surface area contributed by atoms with Crippen LogP contribution in [0.5, 0.6) is 11.5 Å². The molecule has 0 atom stereocenters. The molecule has 2 aliphatic heterocycles. The van der Waals surface area contributed by atoms with Crippen LogP contribution < -0.4 is 20.2 Å². The van der Waals surface area contributed by atoms with Crippen LogP contribution in [0.2, 0.25) is 0 Å². The molecule has 0 radical (unpaired) electrons. The first-order chi connectivity index (χ1) is 9.92. The van der Waals surface area contributed by atoms with Crippen molar-refractivity contribution in [1.29, 1.82) is 0 Å². The zero-order chi connectivity index (χ0) is 13.6. The minimum Gasteiger partial charge on any atom is -0.454 e. The van der Waals surface area contributed by atoms with E-state index >= 15 is 0 Å². The van der Waals surface area contributed by atoms with Gasteiger partial charge in [0.15, 0.2) is 11.5 Å². The molecule has 0 aromatic heterocycles. The van der Waals surface area contributed by atoms with Crippen LogP contribution in [0.3, 0.4) is 0 Å². The Morgan fingerprint density at radius 1 is 1.30 bits per heavy atom. The van der Waals surface area contributed by atoms with Crippen LogP contribution in [0, 0.1) is 0 Å². The SMILES string of the molecule is C(/Cc1ccc2c(c1)OCO2)=N/NC1=NCCCCN1. The fraction of sp³-hybridized carbons (Fsp3) is 0.429. The van der Waals surface area contributed by atoms with Crippen molar-refractivity contribution < 1.29 is 9.47 Å². The Bertz CT molecular complexity index is 528. The standard InChI is InChI=1S/C14H18N4O2/c1-2-7-16-14(15-6-1)18-17-8-5-11-3-4-12-13(9-11)20-10-19-12/h3-4,8-9H,1-2,5-7,10H2,(H2,15,16,18)/b17-8-. The first kappa shape index (κ1) is 12.8. The second-order valence-electron chi connectivity index (χ2n) is 4.68.